The summed E-state index contributed by atoms with van der Waals surface area (Å²) in [6.45, 7) is 3.70. The molecule has 0 amide bonds. The summed E-state index contributed by atoms with van der Waals surface area (Å²) in [6, 6.07) is 6.16. The van der Waals surface area contributed by atoms with E-state index in [1.807, 2.05) is 12.1 Å². The van der Waals surface area contributed by atoms with Crippen LogP contribution < -0.4 is 10.5 Å². The van der Waals surface area contributed by atoms with Crippen molar-refractivity contribution in [3.8, 4) is 5.75 Å². The highest BCUT2D eigenvalue weighted by molar-refractivity contribution is 6.32. The Kier molecular flexibility index (Phi) is 6.81. The molecule has 1 heterocycles. The molecule has 4 heteroatoms. The van der Waals surface area contributed by atoms with Crippen LogP contribution in [0.1, 0.15) is 44.6 Å². The molecule has 2 rings (SSSR count). The van der Waals surface area contributed by atoms with Crippen LogP contribution in [0.2, 0.25) is 5.02 Å². The molecule has 1 aliphatic heterocycles. The zero-order valence-electron chi connectivity index (χ0n) is 12.8. The van der Waals surface area contributed by atoms with Crippen LogP contribution in [0.5, 0.6) is 5.75 Å². The second-order valence-electron chi connectivity index (χ2n) is 5.76. The molecule has 1 aromatic rings. The fourth-order valence-corrected chi connectivity index (χ4v) is 2.86. The average Bonchev–Trinajstić information content (AvgIpc) is 2.98. The zero-order chi connectivity index (χ0) is 15.1. The summed E-state index contributed by atoms with van der Waals surface area (Å²) in [7, 11) is 0. The van der Waals surface area contributed by atoms with Gasteiger partial charge in [0, 0.05) is 12.6 Å². The molecule has 2 unspecified atom stereocenters. The third-order valence-corrected chi connectivity index (χ3v) is 4.27. The van der Waals surface area contributed by atoms with Crippen molar-refractivity contribution < 1.29 is 9.47 Å². The Bertz CT molecular complexity index is 433. The predicted molar refractivity (Wildman–Crippen MR) is 87.1 cm³/mol. The molecule has 0 radical (unpaired) electrons. The van der Waals surface area contributed by atoms with Crippen molar-refractivity contribution in [3.05, 3.63) is 28.8 Å². The van der Waals surface area contributed by atoms with Crippen LogP contribution in [0, 0.1) is 0 Å². The smallest absolute Gasteiger partial charge is 0.137 e. The molecule has 3 nitrogen and oxygen atoms in total. The van der Waals surface area contributed by atoms with Gasteiger partial charge >= 0.3 is 0 Å². The van der Waals surface area contributed by atoms with Gasteiger partial charge in [0.15, 0.2) is 0 Å². The van der Waals surface area contributed by atoms with Gasteiger partial charge < -0.3 is 15.2 Å². The van der Waals surface area contributed by atoms with Gasteiger partial charge in [-0.2, -0.15) is 0 Å². The van der Waals surface area contributed by atoms with E-state index in [1.165, 1.54) is 18.4 Å². The molecule has 1 fully saturated rings. The summed E-state index contributed by atoms with van der Waals surface area (Å²) in [5.41, 5.74) is 7.13. The molecule has 1 aromatic carbocycles. The van der Waals surface area contributed by atoms with E-state index in [9.17, 15) is 0 Å². The van der Waals surface area contributed by atoms with E-state index in [0.29, 0.717) is 17.7 Å². The molecule has 2 N–H and O–H groups in total. The van der Waals surface area contributed by atoms with E-state index in [0.717, 1.165) is 38.0 Å². The molecule has 0 saturated carbocycles. The van der Waals surface area contributed by atoms with Gasteiger partial charge in [0.25, 0.3) is 0 Å². The Balaban J connectivity index is 1.75. The first-order chi connectivity index (χ1) is 10.2. The van der Waals surface area contributed by atoms with Gasteiger partial charge in [-0.25, -0.2) is 0 Å². The summed E-state index contributed by atoms with van der Waals surface area (Å²) in [5, 5.41) is 0.674. The van der Waals surface area contributed by atoms with E-state index in [1.54, 1.807) is 0 Å². The molecule has 0 aromatic heterocycles. The first kappa shape index (κ1) is 16.6. The molecular formula is C17H26ClNO2. The lowest BCUT2D eigenvalue weighted by molar-refractivity contribution is 0.0981. The maximum atomic E-state index is 6.27. The van der Waals surface area contributed by atoms with Gasteiger partial charge in [0.05, 0.1) is 17.7 Å². The number of nitrogens with two attached hydrogens (primary N) is 1. The lowest BCUT2D eigenvalue weighted by Gasteiger charge is -2.13. The second kappa shape index (κ2) is 8.62. The molecule has 1 aliphatic rings. The molecule has 21 heavy (non-hydrogen) atoms. The first-order valence-corrected chi connectivity index (χ1v) is 8.35. The van der Waals surface area contributed by atoms with Crippen LogP contribution in [0.15, 0.2) is 18.2 Å². The molecule has 0 aliphatic carbocycles. The van der Waals surface area contributed by atoms with Crippen molar-refractivity contribution in [2.24, 2.45) is 5.73 Å². The Morgan fingerprint density at radius 2 is 2.33 bits per heavy atom. The Hall–Kier alpha value is -0.770. The monoisotopic (exact) mass is 311 g/mol. The fraction of sp³-hybridized carbons (Fsp3) is 0.647. The SMILES string of the molecule is CCC(N)Cc1ccc(OCCCC2CCCO2)c(Cl)c1. The maximum Gasteiger partial charge on any atom is 0.137 e. The van der Waals surface area contributed by atoms with Gasteiger partial charge in [-0.3, -0.25) is 0 Å². The Morgan fingerprint density at radius 1 is 1.48 bits per heavy atom. The molecule has 118 valence electrons. The van der Waals surface area contributed by atoms with Gasteiger partial charge in [0.1, 0.15) is 5.75 Å². The van der Waals surface area contributed by atoms with E-state index >= 15 is 0 Å². The van der Waals surface area contributed by atoms with Crippen LogP contribution in [-0.4, -0.2) is 25.4 Å². The Morgan fingerprint density at radius 3 is 3.00 bits per heavy atom. The number of hydrogen-bond donors (Lipinski definition) is 1. The summed E-state index contributed by atoms with van der Waals surface area (Å²) in [6.07, 6.45) is 6.72. The highest BCUT2D eigenvalue weighted by Crippen LogP contribution is 2.26. The second-order valence-corrected chi connectivity index (χ2v) is 6.17. The highest BCUT2D eigenvalue weighted by atomic mass is 35.5. The van der Waals surface area contributed by atoms with Crippen molar-refractivity contribution in [1.29, 1.82) is 0 Å². The molecule has 0 bridgehead atoms. The first-order valence-electron chi connectivity index (χ1n) is 7.97. The summed E-state index contributed by atoms with van der Waals surface area (Å²) < 4.78 is 11.4. The average molecular weight is 312 g/mol. The summed E-state index contributed by atoms with van der Waals surface area (Å²) in [5.74, 6) is 0.762. The maximum absolute atomic E-state index is 6.27. The molecular weight excluding hydrogens is 286 g/mol. The van der Waals surface area contributed by atoms with Crippen molar-refractivity contribution in [2.45, 2.75) is 57.6 Å². The number of ether oxygens (including phenoxy) is 2. The number of hydrogen-bond acceptors (Lipinski definition) is 3. The standard InChI is InChI=1S/C17H26ClNO2/c1-2-14(19)11-13-7-8-17(16(18)12-13)21-10-4-6-15-5-3-9-20-15/h7-8,12,14-15H,2-6,9-11,19H2,1H3. The van der Waals surface area contributed by atoms with Crippen molar-refractivity contribution in [2.75, 3.05) is 13.2 Å². The normalized spacial score (nSPS) is 19.7. The van der Waals surface area contributed by atoms with Crippen LogP contribution in [0.4, 0.5) is 0 Å². The quantitative estimate of drug-likeness (QED) is 0.739. The van der Waals surface area contributed by atoms with Gasteiger partial charge in [-0.1, -0.05) is 24.6 Å². The van der Waals surface area contributed by atoms with Crippen molar-refractivity contribution in [1.82, 2.24) is 0 Å². The van der Waals surface area contributed by atoms with Gasteiger partial charge in [-0.15, -0.1) is 0 Å². The number of rotatable bonds is 8. The zero-order valence-corrected chi connectivity index (χ0v) is 13.6. The fourth-order valence-electron chi connectivity index (χ4n) is 2.60. The lowest BCUT2D eigenvalue weighted by Crippen LogP contribution is -2.21. The van der Waals surface area contributed by atoms with E-state index in [2.05, 4.69) is 13.0 Å². The van der Waals surface area contributed by atoms with Crippen molar-refractivity contribution >= 4 is 11.6 Å². The predicted octanol–water partition coefficient (Wildman–Crippen LogP) is 3.96. The highest BCUT2D eigenvalue weighted by Gasteiger charge is 2.14. The summed E-state index contributed by atoms with van der Waals surface area (Å²) in [4.78, 5) is 0. The lowest BCUT2D eigenvalue weighted by atomic mass is 10.0. The van der Waals surface area contributed by atoms with E-state index in [-0.39, 0.29) is 6.04 Å². The Labute approximate surface area is 132 Å². The van der Waals surface area contributed by atoms with Crippen LogP contribution in [0.25, 0.3) is 0 Å². The minimum atomic E-state index is 0.194. The molecule has 2 atom stereocenters. The van der Waals surface area contributed by atoms with E-state index < -0.39 is 0 Å². The van der Waals surface area contributed by atoms with Crippen molar-refractivity contribution in [3.63, 3.8) is 0 Å². The minimum absolute atomic E-state index is 0.194. The van der Waals surface area contributed by atoms with E-state index in [4.69, 9.17) is 26.8 Å². The topological polar surface area (TPSA) is 44.5 Å². The van der Waals surface area contributed by atoms with Gasteiger partial charge in [0.2, 0.25) is 0 Å². The van der Waals surface area contributed by atoms with Gasteiger partial charge in [-0.05, 0) is 56.2 Å². The molecule has 1 saturated heterocycles. The largest absolute Gasteiger partial charge is 0.492 e. The third-order valence-electron chi connectivity index (χ3n) is 3.97. The third kappa shape index (κ3) is 5.50. The number of benzene rings is 1. The number of halogens is 1. The summed E-state index contributed by atoms with van der Waals surface area (Å²) >= 11 is 6.27. The van der Waals surface area contributed by atoms with Crippen LogP contribution in [0.3, 0.4) is 0 Å². The van der Waals surface area contributed by atoms with Crippen LogP contribution >= 0.6 is 11.6 Å². The van der Waals surface area contributed by atoms with Crippen LogP contribution in [-0.2, 0) is 11.2 Å². The molecule has 0 spiro atoms. The minimum Gasteiger partial charge on any atom is -0.492 e.